The van der Waals surface area contributed by atoms with E-state index in [0.29, 0.717) is 12.4 Å². The van der Waals surface area contributed by atoms with Crippen molar-refractivity contribution < 1.29 is 4.74 Å². The smallest absolute Gasteiger partial charge is 0.132 e. The number of fused-ring (bicyclic) bond motifs is 1. The third-order valence-electron chi connectivity index (χ3n) is 3.41. The van der Waals surface area contributed by atoms with Crippen molar-refractivity contribution in [3.05, 3.63) is 29.6 Å². The standard InChI is InChI=1S/C15H15N3O/c1-3-7-18-10(2)17-14(15(18)16)12-4-5-13-11(9-12)6-8-19-13/h1,4-5,9H,6-8,16H2,2H3. The number of ether oxygens (including phenoxy) is 1. The number of nitrogens with zero attached hydrogens (tertiary/aromatic N) is 2. The zero-order valence-corrected chi connectivity index (χ0v) is 10.8. The summed E-state index contributed by atoms with van der Waals surface area (Å²) in [6, 6.07) is 6.07. The highest BCUT2D eigenvalue weighted by Gasteiger charge is 2.17. The molecule has 0 atom stereocenters. The molecule has 0 spiro atoms. The van der Waals surface area contributed by atoms with Crippen LogP contribution in [0.25, 0.3) is 11.3 Å². The van der Waals surface area contributed by atoms with Gasteiger partial charge in [-0.15, -0.1) is 6.42 Å². The Bertz CT molecular complexity index is 679. The molecular weight excluding hydrogens is 238 g/mol. The summed E-state index contributed by atoms with van der Waals surface area (Å²) < 4.78 is 7.35. The molecule has 2 heterocycles. The van der Waals surface area contributed by atoms with Crippen molar-refractivity contribution in [1.82, 2.24) is 9.55 Å². The number of nitrogen functional groups attached to an aromatic ring is 1. The minimum atomic E-state index is 0.443. The Balaban J connectivity index is 2.08. The SMILES string of the molecule is C#CCn1c(C)nc(-c2ccc3c(c2)CCO3)c1N. The molecule has 4 nitrogen and oxygen atoms in total. The summed E-state index contributed by atoms with van der Waals surface area (Å²) in [5, 5.41) is 0. The number of rotatable bonds is 2. The first-order valence-corrected chi connectivity index (χ1v) is 6.23. The molecular formula is C15H15N3O. The molecule has 2 N–H and O–H groups in total. The minimum absolute atomic E-state index is 0.443. The van der Waals surface area contributed by atoms with Crippen LogP contribution in [0.4, 0.5) is 5.82 Å². The number of hydrogen-bond acceptors (Lipinski definition) is 3. The number of aromatic nitrogens is 2. The third kappa shape index (κ3) is 1.84. The first-order chi connectivity index (χ1) is 9.20. The number of nitrogens with two attached hydrogens (primary N) is 1. The molecule has 0 radical (unpaired) electrons. The van der Waals surface area contributed by atoms with Crippen molar-refractivity contribution in [2.24, 2.45) is 0 Å². The molecule has 4 heteroatoms. The average molecular weight is 253 g/mol. The van der Waals surface area contributed by atoms with E-state index >= 15 is 0 Å². The fourth-order valence-corrected chi connectivity index (χ4v) is 2.42. The third-order valence-corrected chi connectivity index (χ3v) is 3.41. The minimum Gasteiger partial charge on any atom is -0.493 e. The predicted octanol–water partition coefficient (Wildman–Crippen LogP) is 2.01. The summed E-state index contributed by atoms with van der Waals surface area (Å²) in [5.74, 6) is 5.01. The summed E-state index contributed by atoms with van der Waals surface area (Å²) in [6.45, 7) is 3.10. The average Bonchev–Trinajstić information content (AvgIpc) is 2.97. The molecule has 1 aliphatic heterocycles. The first-order valence-electron chi connectivity index (χ1n) is 6.23. The number of imidazole rings is 1. The fourth-order valence-electron chi connectivity index (χ4n) is 2.42. The van der Waals surface area contributed by atoms with Crippen LogP contribution in [0.15, 0.2) is 18.2 Å². The summed E-state index contributed by atoms with van der Waals surface area (Å²) in [5.41, 5.74) is 9.16. The van der Waals surface area contributed by atoms with Gasteiger partial charge in [-0.05, 0) is 30.7 Å². The summed E-state index contributed by atoms with van der Waals surface area (Å²) in [7, 11) is 0. The molecule has 0 fully saturated rings. The van der Waals surface area contributed by atoms with Crippen molar-refractivity contribution in [3.8, 4) is 29.4 Å². The zero-order valence-electron chi connectivity index (χ0n) is 10.8. The van der Waals surface area contributed by atoms with Crippen LogP contribution in [0.5, 0.6) is 5.75 Å². The Labute approximate surface area is 112 Å². The van der Waals surface area contributed by atoms with Crippen LogP contribution in [0, 0.1) is 19.3 Å². The van der Waals surface area contributed by atoms with E-state index in [4.69, 9.17) is 16.9 Å². The van der Waals surface area contributed by atoms with E-state index in [0.717, 1.165) is 35.9 Å². The van der Waals surface area contributed by atoms with E-state index in [2.05, 4.69) is 17.0 Å². The lowest BCUT2D eigenvalue weighted by atomic mass is 10.1. The van der Waals surface area contributed by atoms with Crippen LogP contribution < -0.4 is 10.5 Å². The molecule has 0 aliphatic carbocycles. The van der Waals surface area contributed by atoms with Gasteiger partial charge in [0.2, 0.25) is 0 Å². The zero-order chi connectivity index (χ0) is 13.4. The quantitative estimate of drug-likeness (QED) is 0.833. The lowest BCUT2D eigenvalue weighted by Gasteiger charge is -2.04. The normalized spacial score (nSPS) is 12.8. The number of terminal acetylenes is 1. The monoisotopic (exact) mass is 253 g/mol. The van der Waals surface area contributed by atoms with E-state index in [1.54, 1.807) is 0 Å². The van der Waals surface area contributed by atoms with Gasteiger partial charge in [-0.2, -0.15) is 0 Å². The van der Waals surface area contributed by atoms with Crippen molar-refractivity contribution >= 4 is 5.82 Å². The second-order valence-electron chi connectivity index (χ2n) is 4.60. The lowest BCUT2D eigenvalue weighted by Crippen LogP contribution is -2.03. The first kappa shape index (κ1) is 11.7. The van der Waals surface area contributed by atoms with Crippen LogP contribution in [-0.2, 0) is 13.0 Å². The van der Waals surface area contributed by atoms with Crippen LogP contribution in [0.3, 0.4) is 0 Å². The fraction of sp³-hybridized carbons (Fsp3) is 0.267. The van der Waals surface area contributed by atoms with E-state index < -0.39 is 0 Å². The van der Waals surface area contributed by atoms with Crippen LogP contribution in [0.2, 0.25) is 0 Å². The summed E-state index contributed by atoms with van der Waals surface area (Å²) in [6.07, 6.45) is 6.29. The molecule has 1 aromatic heterocycles. The maximum atomic E-state index is 6.14. The van der Waals surface area contributed by atoms with E-state index in [1.807, 2.05) is 23.6 Å². The largest absolute Gasteiger partial charge is 0.493 e. The van der Waals surface area contributed by atoms with Crippen LogP contribution >= 0.6 is 0 Å². The molecule has 0 saturated heterocycles. The number of hydrogen-bond donors (Lipinski definition) is 1. The summed E-state index contributed by atoms with van der Waals surface area (Å²) >= 11 is 0. The van der Waals surface area contributed by atoms with Gasteiger partial charge >= 0.3 is 0 Å². The van der Waals surface area contributed by atoms with Crippen molar-refractivity contribution in [3.63, 3.8) is 0 Å². The van der Waals surface area contributed by atoms with Crippen molar-refractivity contribution in [1.29, 1.82) is 0 Å². The predicted molar refractivity (Wildman–Crippen MR) is 74.8 cm³/mol. The maximum Gasteiger partial charge on any atom is 0.132 e. The highest BCUT2D eigenvalue weighted by molar-refractivity contribution is 5.72. The van der Waals surface area contributed by atoms with Crippen molar-refractivity contribution in [2.45, 2.75) is 19.9 Å². The molecule has 2 aromatic rings. The Morgan fingerprint density at radius 2 is 2.37 bits per heavy atom. The van der Waals surface area contributed by atoms with Gasteiger partial charge in [0.05, 0.1) is 13.2 Å². The molecule has 1 aromatic carbocycles. The highest BCUT2D eigenvalue weighted by atomic mass is 16.5. The second-order valence-corrected chi connectivity index (χ2v) is 4.60. The molecule has 0 bridgehead atoms. The van der Waals surface area contributed by atoms with Crippen LogP contribution in [0.1, 0.15) is 11.4 Å². The van der Waals surface area contributed by atoms with Gasteiger partial charge in [0.1, 0.15) is 23.1 Å². The van der Waals surface area contributed by atoms with E-state index in [9.17, 15) is 0 Å². The second kappa shape index (κ2) is 4.36. The molecule has 1 aliphatic rings. The molecule has 0 saturated carbocycles. The van der Waals surface area contributed by atoms with E-state index in [-0.39, 0.29) is 0 Å². The van der Waals surface area contributed by atoms with Gasteiger partial charge in [0, 0.05) is 12.0 Å². The Morgan fingerprint density at radius 1 is 1.53 bits per heavy atom. The topological polar surface area (TPSA) is 53.1 Å². The Morgan fingerprint density at radius 3 is 3.16 bits per heavy atom. The van der Waals surface area contributed by atoms with Crippen LogP contribution in [-0.4, -0.2) is 16.2 Å². The molecule has 3 rings (SSSR count). The van der Waals surface area contributed by atoms with Gasteiger partial charge in [0.25, 0.3) is 0 Å². The molecule has 0 amide bonds. The maximum absolute atomic E-state index is 6.14. The highest BCUT2D eigenvalue weighted by Crippen LogP contribution is 2.32. The van der Waals surface area contributed by atoms with Gasteiger partial charge in [-0.3, -0.25) is 0 Å². The van der Waals surface area contributed by atoms with E-state index in [1.165, 1.54) is 5.56 Å². The van der Waals surface area contributed by atoms with Gasteiger partial charge in [-0.1, -0.05) is 5.92 Å². The van der Waals surface area contributed by atoms with Crippen molar-refractivity contribution in [2.75, 3.05) is 12.3 Å². The van der Waals surface area contributed by atoms with Gasteiger partial charge in [0.15, 0.2) is 0 Å². The Hall–Kier alpha value is -2.41. The molecule has 0 unspecified atom stereocenters. The molecule has 96 valence electrons. The van der Waals surface area contributed by atoms with Gasteiger partial charge < -0.3 is 15.0 Å². The number of aryl methyl sites for hydroxylation is 1. The lowest BCUT2D eigenvalue weighted by molar-refractivity contribution is 0.357. The van der Waals surface area contributed by atoms with Gasteiger partial charge in [-0.25, -0.2) is 4.98 Å². The number of benzene rings is 1. The number of anilines is 1. The summed E-state index contributed by atoms with van der Waals surface area (Å²) in [4.78, 5) is 4.53. The Kier molecular flexibility index (Phi) is 2.68. The molecule has 19 heavy (non-hydrogen) atoms.